The van der Waals surface area contributed by atoms with E-state index in [0.29, 0.717) is 12.1 Å². The van der Waals surface area contributed by atoms with Crippen LogP contribution in [0.2, 0.25) is 0 Å². The third kappa shape index (κ3) is 6.39. The van der Waals surface area contributed by atoms with E-state index in [9.17, 15) is 0 Å². The Labute approximate surface area is 105 Å². The lowest BCUT2D eigenvalue weighted by molar-refractivity contribution is 0.0716. The van der Waals surface area contributed by atoms with Crippen LogP contribution in [-0.2, 0) is 11.2 Å². The molecule has 0 fully saturated rings. The number of rotatable bonds is 8. The van der Waals surface area contributed by atoms with Gasteiger partial charge in [-0.3, -0.25) is 4.98 Å². The van der Waals surface area contributed by atoms with Crippen LogP contribution < -0.4 is 5.32 Å². The van der Waals surface area contributed by atoms with Crippen molar-refractivity contribution >= 4 is 0 Å². The SMILES string of the molecule is CCNC(CCOC(C)C)Cc1cccnc1. The van der Waals surface area contributed by atoms with E-state index >= 15 is 0 Å². The van der Waals surface area contributed by atoms with Crippen LogP contribution in [0.4, 0.5) is 0 Å². The van der Waals surface area contributed by atoms with Gasteiger partial charge in [0, 0.05) is 25.0 Å². The molecule has 1 N–H and O–H groups in total. The molecule has 0 saturated carbocycles. The lowest BCUT2D eigenvalue weighted by Crippen LogP contribution is -2.32. The summed E-state index contributed by atoms with van der Waals surface area (Å²) in [5.41, 5.74) is 1.28. The number of aromatic nitrogens is 1. The summed E-state index contributed by atoms with van der Waals surface area (Å²) in [7, 11) is 0. The molecule has 96 valence electrons. The second-order valence-electron chi connectivity index (χ2n) is 4.53. The van der Waals surface area contributed by atoms with Crippen molar-refractivity contribution < 1.29 is 4.74 Å². The highest BCUT2D eigenvalue weighted by Gasteiger charge is 2.08. The summed E-state index contributed by atoms with van der Waals surface area (Å²) in [4.78, 5) is 4.15. The molecule has 0 radical (unpaired) electrons. The fourth-order valence-corrected chi connectivity index (χ4v) is 1.81. The summed E-state index contributed by atoms with van der Waals surface area (Å²) in [6.07, 6.45) is 6.13. The molecule has 0 spiro atoms. The molecule has 0 aliphatic rings. The number of hydrogen-bond acceptors (Lipinski definition) is 3. The van der Waals surface area contributed by atoms with E-state index in [4.69, 9.17) is 4.74 Å². The molecule has 17 heavy (non-hydrogen) atoms. The first kappa shape index (κ1) is 14.1. The summed E-state index contributed by atoms with van der Waals surface area (Å²) in [5, 5.41) is 3.50. The van der Waals surface area contributed by atoms with Crippen LogP contribution in [0.15, 0.2) is 24.5 Å². The van der Waals surface area contributed by atoms with Gasteiger partial charge < -0.3 is 10.1 Å². The van der Waals surface area contributed by atoms with E-state index in [1.54, 1.807) is 0 Å². The number of pyridine rings is 1. The van der Waals surface area contributed by atoms with Gasteiger partial charge in [0.25, 0.3) is 0 Å². The maximum absolute atomic E-state index is 5.60. The van der Waals surface area contributed by atoms with Gasteiger partial charge in [-0.25, -0.2) is 0 Å². The van der Waals surface area contributed by atoms with Gasteiger partial charge in [0.2, 0.25) is 0 Å². The van der Waals surface area contributed by atoms with Crippen LogP contribution >= 0.6 is 0 Å². The minimum atomic E-state index is 0.315. The zero-order valence-corrected chi connectivity index (χ0v) is 11.1. The summed E-state index contributed by atoms with van der Waals surface area (Å²) >= 11 is 0. The van der Waals surface area contributed by atoms with Crippen molar-refractivity contribution in [3.63, 3.8) is 0 Å². The van der Waals surface area contributed by atoms with Crippen molar-refractivity contribution in [3.8, 4) is 0 Å². The van der Waals surface area contributed by atoms with Crippen LogP contribution in [0.25, 0.3) is 0 Å². The minimum absolute atomic E-state index is 0.315. The zero-order valence-electron chi connectivity index (χ0n) is 11.1. The Kier molecular flexibility index (Phi) is 6.82. The summed E-state index contributed by atoms with van der Waals surface area (Å²) in [5.74, 6) is 0. The Morgan fingerprint density at radius 3 is 2.82 bits per heavy atom. The van der Waals surface area contributed by atoms with E-state index in [0.717, 1.165) is 26.0 Å². The van der Waals surface area contributed by atoms with Gasteiger partial charge >= 0.3 is 0 Å². The second kappa shape index (κ2) is 8.20. The molecular formula is C14H24N2O. The van der Waals surface area contributed by atoms with Crippen molar-refractivity contribution in [2.24, 2.45) is 0 Å². The predicted octanol–water partition coefficient (Wildman–Crippen LogP) is 2.42. The molecule has 1 atom stereocenters. The van der Waals surface area contributed by atoms with Crippen molar-refractivity contribution in [1.82, 2.24) is 10.3 Å². The summed E-state index contributed by atoms with van der Waals surface area (Å²) in [6, 6.07) is 4.59. The number of ether oxygens (including phenoxy) is 1. The highest BCUT2D eigenvalue weighted by molar-refractivity contribution is 5.10. The molecule has 1 aromatic heterocycles. The third-order valence-corrected chi connectivity index (χ3v) is 2.62. The average Bonchev–Trinajstić information content (AvgIpc) is 2.30. The van der Waals surface area contributed by atoms with Gasteiger partial charge in [-0.1, -0.05) is 13.0 Å². The van der Waals surface area contributed by atoms with Crippen LogP contribution in [0.5, 0.6) is 0 Å². The summed E-state index contributed by atoms with van der Waals surface area (Å²) in [6.45, 7) is 8.09. The third-order valence-electron chi connectivity index (χ3n) is 2.62. The van der Waals surface area contributed by atoms with E-state index in [1.807, 2.05) is 18.5 Å². The summed E-state index contributed by atoms with van der Waals surface area (Å²) < 4.78 is 5.60. The molecule has 0 saturated heterocycles. The smallest absolute Gasteiger partial charge is 0.0518 e. The first-order chi connectivity index (χ1) is 8.22. The lowest BCUT2D eigenvalue weighted by atomic mass is 10.1. The van der Waals surface area contributed by atoms with Crippen LogP contribution in [0.3, 0.4) is 0 Å². The molecular weight excluding hydrogens is 212 g/mol. The standard InChI is InChI=1S/C14H24N2O/c1-4-16-14(7-9-17-12(2)3)10-13-6-5-8-15-11-13/h5-6,8,11-12,14,16H,4,7,9-10H2,1-3H3. The maximum Gasteiger partial charge on any atom is 0.0518 e. The fraction of sp³-hybridized carbons (Fsp3) is 0.643. The fourth-order valence-electron chi connectivity index (χ4n) is 1.81. The Morgan fingerprint density at radius 2 is 2.24 bits per heavy atom. The normalized spacial score (nSPS) is 12.9. The quantitative estimate of drug-likeness (QED) is 0.752. The average molecular weight is 236 g/mol. The Bertz CT molecular complexity index is 288. The molecule has 0 aliphatic carbocycles. The van der Waals surface area contributed by atoms with Crippen molar-refractivity contribution in [1.29, 1.82) is 0 Å². The first-order valence-corrected chi connectivity index (χ1v) is 6.46. The monoisotopic (exact) mass is 236 g/mol. The molecule has 0 aromatic carbocycles. The van der Waals surface area contributed by atoms with E-state index in [2.05, 4.69) is 37.1 Å². The number of likely N-dealkylation sites (N-methyl/N-ethyl adjacent to an activating group) is 1. The number of nitrogens with zero attached hydrogens (tertiary/aromatic N) is 1. The molecule has 1 heterocycles. The molecule has 3 nitrogen and oxygen atoms in total. The Hall–Kier alpha value is -0.930. The van der Waals surface area contributed by atoms with Crippen molar-refractivity contribution in [2.45, 2.75) is 45.8 Å². The highest BCUT2D eigenvalue weighted by atomic mass is 16.5. The van der Waals surface area contributed by atoms with E-state index in [1.165, 1.54) is 5.56 Å². The van der Waals surface area contributed by atoms with Gasteiger partial charge in [-0.05, 0) is 44.9 Å². The maximum atomic E-state index is 5.60. The molecule has 3 heteroatoms. The van der Waals surface area contributed by atoms with Crippen LogP contribution in [0.1, 0.15) is 32.8 Å². The number of nitrogens with one attached hydrogen (secondary N) is 1. The molecule has 1 aromatic rings. The van der Waals surface area contributed by atoms with Crippen LogP contribution in [0, 0.1) is 0 Å². The van der Waals surface area contributed by atoms with E-state index in [-0.39, 0.29) is 0 Å². The lowest BCUT2D eigenvalue weighted by Gasteiger charge is -2.18. The minimum Gasteiger partial charge on any atom is -0.379 e. The van der Waals surface area contributed by atoms with Gasteiger partial charge in [0.15, 0.2) is 0 Å². The van der Waals surface area contributed by atoms with Gasteiger partial charge in [-0.2, -0.15) is 0 Å². The molecule has 0 aliphatic heterocycles. The van der Waals surface area contributed by atoms with Gasteiger partial charge in [-0.15, -0.1) is 0 Å². The second-order valence-corrected chi connectivity index (χ2v) is 4.53. The highest BCUT2D eigenvalue weighted by Crippen LogP contribution is 2.05. The number of hydrogen-bond donors (Lipinski definition) is 1. The largest absolute Gasteiger partial charge is 0.379 e. The molecule has 1 rings (SSSR count). The molecule has 0 amide bonds. The predicted molar refractivity (Wildman–Crippen MR) is 71.1 cm³/mol. The topological polar surface area (TPSA) is 34.1 Å². The van der Waals surface area contributed by atoms with Gasteiger partial charge in [0.1, 0.15) is 0 Å². The van der Waals surface area contributed by atoms with Crippen molar-refractivity contribution in [3.05, 3.63) is 30.1 Å². The van der Waals surface area contributed by atoms with Gasteiger partial charge in [0.05, 0.1) is 6.10 Å². The van der Waals surface area contributed by atoms with Crippen molar-refractivity contribution in [2.75, 3.05) is 13.2 Å². The first-order valence-electron chi connectivity index (χ1n) is 6.46. The zero-order chi connectivity index (χ0) is 12.5. The van der Waals surface area contributed by atoms with Crippen LogP contribution in [-0.4, -0.2) is 30.3 Å². The Balaban J connectivity index is 2.37. The van der Waals surface area contributed by atoms with E-state index < -0.39 is 0 Å². The molecule has 0 bridgehead atoms. The molecule has 1 unspecified atom stereocenters. The Morgan fingerprint density at radius 1 is 1.41 bits per heavy atom.